The maximum atomic E-state index is 12.6. The minimum Gasteiger partial charge on any atom is -0.433 e. The number of ether oxygens (including phenoxy) is 1. The molecule has 0 radical (unpaired) electrons. The minimum absolute atomic E-state index is 0.00529. The lowest BCUT2D eigenvalue weighted by molar-refractivity contribution is -0.0493. The molecule has 3 rings (SSSR count). The Morgan fingerprint density at radius 1 is 1.11 bits per heavy atom. The third-order valence-electron chi connectivity index (χ3n) is 3.81. The summed E-state index contributed by atoms with van der Waals surface area (Å²) < 4.78 is 34.9. The maximum absolute atomic E-state index is 12.6. The number of halogens is 2. The second-order valence-electron chi connectivity index (χ2n) is 5.92. The topological polar surface area (TPSA) is 63.5 Å². The fourth-order valence-corrected chi connectivity index (χ4v) is 2.84. The van der Waals surface area contributed by atoms with Gasteiger partial charge in [0.2, 0.25) is 0 Å². The molecule has 1 aromatic heterocycles. The lowest BCUT2D eigenvalue weighted by Gasteiger charge is -2.15. The first-order valence-corrected chi connectivity index (χ1v) is 8.40. The number of anilines is 2. The van der Waals surface area contributed by atoms with E-state index in [4.69, 9.17) is 16.6 Å². The average molecular weight is 390 g/mol. The van der Waals surface area contributed by atoms with Crippen LogP contribution in [0.3, 0.4) is 0 Å². The molecule has 2 aromatic carbocycles. The van der Waals surface area contributed by atoms with E-state index < -0.39 is 12.2 Å². The van der Waals surface area contributed by atoms with E-state index in [0.717, 1.165) is 16.5 Å². The lowest BCUT2D eigenvalue weighted by atomic mass is 10.1. The molecule has 0 spiro atoms. The molecule has 0 saturated carbocycles. The fraction of sp³-hybridized carbons (Fsp3) is 0.158. The number of nitrogens with one attached hydrogen (secondary N) is 2. The van der Waals surface area contributed by atoms with Crippen LogP contribution in [0.2, 0.25) is 0 Å². The Hall–Kier alpha value is -3.00. The molecule has 0 unspecified atom stereocenters. The number of hydrogen-bond donors (Lipinski definition) is 2. The van der Waals surface area contributed by atoms with Gasteiger partial charge in [0.15, 0.2) is 5.11 Å². The Kier molecular flexibility index (Phi) is 5.36. The van der Waals surface area contributed by atoms with Crippen LogP contribution in [0, 0.1) is 13.8 Å². The van der Waals surface area contributed by atoms with E-state index in [0.29, 0.717) is 17.0 Å². The normalized spacial score (nSPS) is 10.9. The summed E-state index contributed by atoms with van der Waals surface area (Å²) in [6.07, 6.45) is 0. The van der Waals surface area contributed by atoms with E-state index in [-0.39, 0.29) is 10.9 Å². The quantitative estimate of drug-likeness (QED) is 0.492. The average Bonchev–Trinajstić information content (AvgIpc) is 2.56. The molecule has 0 atom stereocenters. The Labute approximate surface area is 158 Å². The van der Waals surface area contributed by atoms with Crippen molar-refractivity contribution in [1.82, 2.24) is 0 Å². The highest BCUT2D eigenvalue weighted by Crippen LogP contribution is 2.28. The smallest absolute Gasteiger partial charge is 0.387 e. The van der Waals surface area contributed by atoms with E-state index in [2.05, 4.69) is 15.4 Å². The van der Waals surface area contributed by atoms with E-state index in [1.54, 1.807) is 37.3 Å². The van der Waals surface area contributed by atoms with Crippen molar-refractivity contribution in [2.24, 2.45) is 0 Å². The second-order valence-corrected chi connectivity index (χ2v) is 6.32. The van der Waals surface area contributed by atoms with E-state index in [9.17, 15) is 13.6 Å². The number of benzene rings is 2. The molecule has 0 aliphatic heterocycles. The summed E-state index contributed by atoms with van der Waals surface area (Å²) in [5.74, 6) is -0.00529. The molecular formula is C19H16F2N2O3S. The van der Waals surface area contributed by atoms with Crippen LogP contribution in [-0.2, 0) is 0 Å². The number of rotatable bonds is 4. The van der Waals surface area contributed by atoms with Gasteiger partial charge in [-0.2, -0.15) is 8.78 Å². The lowest BCUT2D eigenvalue weighted by Crippen LogP contribution is -2.20. The molecule has 2 N–H and O–H groups in total. The molecule has 0 bridgehead atoms. The molecular weight excluding hydrogens is 374 g/mol. The SMILES string of the molecule is Cc1ccc(NC(=S)Nc2ccc3c(C)cc(=O)oc3c2)c(OC(F)F)c1. The first-order valence-electron chi connectivity index (χ1n) is 8.00. The molecule has 140 valence electrons. The number of aryl methyl sites for hydroxylation is 2. The number of alkyl halides is 2. The molecule has 8 heteroatoms. The van der Waals surface area contributed by atoms with Crippen LogP contribution in [-0.4, -0.2) is 11.7 Å². The van der Waals surface area contributed by atoms with Gasteiger partial charge in [-0.15, -0.1) is 0 Å². The van der Waals surface area contributed by atoms with Crippen LogP contribution in [0.15, 0.2) is 51.7 Å². The van der Waals surface area contributed by atoms with Crippen molar-refractivity contribution in [3.05, 3.63) is 64.0 Å². The van der Waals surface area contributed by atoms with Gasteiger partial charge < -0.3 is 19.8 Å². The highest BCUT2D eigenvalue weighted by Gasteiger charge is 2.12. The molecule has 27 heavy (non-hydrogen) atoms. The maximum Gasteiger partial charge on any atom is 0.387 e. The predicted octanol–water partition coefficient (Wildman–Crippen LogP) is 4.82. The van der Waals surface area contributed by atoms with Crippen LogP contribution in [0.25, 0.3) is 11.0 Å². The standard InChI is InChI=1S/C19H16F2N2O3S/c1-10-3-6-14(16(7-10)26-18(20)21)23-19(27)22-12-4-5-13-11(2)8-17(24)25-15(13)9-12/h3-9,18H,1-2H3,(H2,22,23,27). The van der Waals surface area contributed by atoms with Crippen LogP contribution in [0.1, 0.15) is 11.1 Å². The van der Waals surface area contributed by atoms with E-state index in [1.165, 1.54) is 12.1 Å². The minimum atomic E-state index is -2.94. The van der Waals surface area contributed by atoms with Crippen molar-refractivity contribution in [3.63, 3.8) is 0 Å². The zero-order chi connectivity index (χ0) is 19.6. The van der Waals surface area contributed by atoms with Crippen LogP contribution in [0.4, 0.5) is 20.2 Å². The van der Waals surface area contributed by atoms with Crippen molar-refractivity contribution in [2.75, 3.05) is 10.6 Å². The van der Waals surface area contributed by atoms with Crippen LogP contribution in [0.5, 0.6) is 5.75 Å². The van der Waals surface area contributed by atoms with Crippen molar-refractivity contribution in [1.29, 1.82) is 0 Å². The molecule has 0 aliphatic rings. The van der Waals surface area contributed by atoms with Gasteiger partial charge in [-0.05, 0) is 61.5 Å². The second kappa shape index (κ2) is 7.71. The van der Waals surface area contributed by atoms with Gasteiger partial charge in [-0.3, -0.25) is 0 Å². The molecule has 1 heterocycles. The summed E-state index contributed by atoms with van der Waals surface area (Å²) in [7, 11) is 0. The zero-order valence-electron chi connectivity index (χ0n) is 14.5. The van der Waals surface area contributed by atoms with Gasteiger partial charge in [0.05, 0.1) is 5.69 Å². The Bertz CT molecular complexity index is 1070. The summed E-state index contributed by atoms with van der Waals surface area (Å²) >= 11 is 5.24. The molecule has 0 amide bonds. The van der Waals surface area contributed by atoms with E-state index in [1.807, 2.05) is 6.92 Å². The first kappa shape index (κ1) is 18.8. The highest BCUT2D eigenvalue weighted by atomic mass is 32.1. The Morgan fingerprint density at radius 3 is 2.63 bits per heavy atom. The third-order valence-corrected chi connectivity index (χ3v) is 4.01. The Morgan fingerprint density at radius 2 is 1.89 bits per heavy atom. The van der Waals surface area contributed by atoms with Gasteiger partial charge >= 0.3 is 12.2 Å². The first-order chi connectivity index (χ1) is 12.8. The highest BCUT2D eigenvalue weighted by molar-refractivity contribution is 7.80. The van der Waals surface area contributed by atoms with Crippen molar-refractivity contribution >= 4 is 39.7 Å². The monoisotopic (exact) mass is 390 g/mol. The van der Waals surface area contributed by atoms with E-state index >= 15 is 0 Å². The van der Waals surface area contributed by atoms with Gasteiger partial charge in [0.1, 0.15) is 11.3 Å². The van der Waals surface area contributed by atoms with Crippen LogP contribution >= 0.6 is 12.2 Å². The number of hydrogen-bond acceptors (Lipinski definition) is 4. The zero-order valence-corrected chi connectivity index (χ0v) is 15.3. The van der Waals surface area contributed by atoms with Gasteiger partial charge in [0.25, 0.3) is 0 Å². The molecule has 0 fully saturated rings. The summed E-state index contributed by atoms with van der Waals surface area (Å²) in [5.41, 5.74) is 2.45. The molecule has 0 aliphatic carbocycles. The summed E-state index contributed by atoms with van der Waals surface area (Å²) in [4.78, 5) is 11.5. The fourth-order valence-electron chi connectivity index (χ4n) is 2.61. The summed E-state index contributed by atoms with van der Waals surface area (Å²) in [6, 6.07) is 11.5. The van der Waals surface area contributed by atoms with Crippen molar-refractivity contribution in [3.8, 4) is 5.75 Å². The van der Waals surface area contributed by atoms with Crippen LogP contribution < -0.4 is 21.0 Å². The molecule has 5 nitrogen and oxygen atoms in total. The molecule has 3 aromatic rings. The number of thiocarbonyl (C=S) groups is 1. The third kappa shape index (κ3) is 4.59. The Balaban J connectivity index is 1.80. The number of fused-ring (bicyclic) bond motifs is 1. The van der Waals surface area contributed by atoms with Gasteiger partial charge in [-0.25, -0.2) is 4.79 Å². The van der Waals surface area contributed by atoms with Gasteiger partial charge in [0, 0.05) is 23.2 Å². The predicted molar refractivity (Wildman–Crippen MR) is 105 cm³/mol. The van der Waals surface area contributed by atoms with Gasteiger partial charge in [-0.1, -0.05) is 6.07 Å². The summed E-state index contributed by atoms with van der Waals surface area (Å²) in [5, 5.41) is 6.75. The van der Waals surface area contributed by atoms with Crippen molar-refractivity contribution in [2.45, 2.75) is 20.5 Å². The largest absolute Gasteiger partial charge is 0.433 e. The van der Waals surface area contributed by atoms with Crippen molar-refractivity contribution < 1.29 is 17.9 Å². The molecule has 0 saturated heterocycles. The summed E-state index contributed by atoms with van der Waals surface area (Å²) in [6.45, 7) is 0.643.